The largest absolute Gasteiger partial charge is 0.480 e. The molecule has 2 atom stereocenters. The van der Waals surface area contributed by atoms with Gasteiger partial charge in [-0.1, -0.05) is 79.9 Å². The lowest BCUT2D eigenvalue weighted by Gasteiger charge is -2.32. The van der Waals surface area contributed by atoms with Gasteiger partial charge < -0.3 is 53.4 Å². The van der Waals surface area contributed by atoms with E-state index < -0.39 is 90.8 Å². The summed E-state index contributed by atoms with van der Waals surface area (Å²) in [6.07, 6.45) is 14.0. The number of pyridine rings is 2. The third-order valence-electron chi connectivity index (χ3n) is 21.6. The Morgan fingerprint density at radius 3 is 1.30 bits per heavy atom. The summed E-state index contributed by atoms with van der Waals surface area (Å²) < 4.78 is 15.5. The fourth-order valence-corrected chi connectivity index (χ4v) is 15.5. The fraction of sp³-hybridized carbons (Fsp3) is 0.349. The number of benzene rings is 6. The molecule has 0 saturated carbocycles. The summed E-state index contributed by atoms with van der Waals surface area (Å²) in [7, 11) is -1.00. The highest BCUT2D eigenvalue weighted by Gasteiger charge is 2.47. The number of fused-ring (bicyclic) bond motifs is 4. The number of halogens is 1. The molecule has 0 aliphatic carbocycles. The molecule has 2 aromatic heterocycles. The first-order valence-corrected chi connectivity index (χ1v) is 39.1. The van der Waals surface area contributed by atoms with Gasteiger partial charge in [-0.3, -0.25) is 102 Å². The van der Waals surface area contributed by atoms with E-state index in [1.54, 1.807) is 12.1 Å². The molecule has 12 amide bonds. The smallest absolute Gasteiger partial charge is 0.322 e. The number of nitrogens with two attached hydrogens (primary N) is 3. The molecule has 4 saturated heterocycles. The summed E-state index contributed by atoms with van der Waals surface area (Å²) in [6.45, 7) is 3.11. The van der Waals surface area contributed by atoms with Gasteiger partial charge in [0.25, 0.3) is 35.4 Å². The number of aromatic nitrogens is 2. The van der Waals surface area contributed by atoms with Crippen LogP contribution in [0.4, 0.5) is 38.5 Å². The Hall–Kier alpha value is -13.2. The zero-order chi connectivity index (χ0) is 84.1. The third kappa shape index (κ3) is 20.5. The fourth-order valence-electron chi connectivity index (χ4n) is 15.5. The third-order valence-corrected chi connectivity index (χ3v) is 21.6. The minimum Gasteiger partial charge on any atom is -0.480 e. The van der Waals surface area contributed by atoms with Gasteiger partial charge in [-0.05, 0) is 167 Å². The highest BCUT2D eigenvalue weighted by molar-refractivity contribution is 6.27. The molecule has 0 bridgehead atoms. The highest BCUT2D eigenvalue weighted by atomic mass is 19.1. The van der Waals surface area contributed by atoms with Crippen LogP contribution >= 0.6 is 0 Å². The van der Waals surface area contributed by atoms with Crippen molar-refractivity contribution in [2.24, 2.45) is 17.2 Å². The van der Waals surface area contributed by atoms with Crippen LogP contribution in [0.3, 0.4) is 0 Å². The number of unbranched alkanes of at least 4 members (excludes halogenated alkanes) is 5. The summed E-state index contributed by atoms with van der Waals surface area (Å²) >= 11 is 0. The van der Waals surface area contributed by atoms with Gasteiger partial charge in [-0.2, -0.15) is 0 Å². The van der Waals surface area contributed by atoms with Crippen molar-refractivity contribution in [2.75, 3.05) is 74.2 Å². The number of carbonyl (C=O) groups is 14. The van der Waals surface area contributed by atoms with E-state index in [1.807, 2.05) is 82.6 Å². The van der Waals surface area contributed by atoms with Crippen molar-refractivity contribution in [2.45, 2.75) is 139 Å². The molecule has 117 heavy (non-hydrogen) atoms. The van der Waals surface area contributed by atoms with Crippen LogP contribution in [-0.2, 0) is 38.4 Å². The van der Waals surface area contributed by atoms with Gasteiger partial charge in [0.05, 0.1) is 70.9 Å². The van der Waals surface area contributed by atoms with Crippen molar-refractivity contribution in [3.05, 3.63) is 190 Å². The average Bonchev–Trinajstić information content (AvgIpc) is 1.57. The SMILES string of the molecule is NC(=O)c1cnc2ccc(C3CCN(C(=O)CCCCCCC(=O)CNc4cccc5c4C(=O)N(C4CCC(=O)NC4=O)C5=O)CC3)cc2c1Nc1ccccc1.NCCCCCC(=O)N1CCC(c2ccc3ncc(C(N)=O)c(Nc4ccccc4)c3c2)CC1.O=C(O)CNc1cccc2c1C(=O)N(C1CCC(=O)NC1=O)C2=O.[2H]CF. The van der Waals surface area contributed by atoms with Crippen LogP contribution in [0.2, 0.25) is 0 Å². The molecular weight excluding hydrogens is 1500 g/mol. The number of rotatable bonds is 28. The molecule has 6 aliphatic heterocycles. The van der Waals surface area contributed by atoms with Gasteiger partial charge in [0.1, 0.15) is 18.6 Å². The van der Waals surface area contributed by atoms with E-state index in [1.165, 1.54) is 42.2 Å². The van der Waals surface area contributed by atoms with Crippen LogP contribution in [-0.4, -0.2) is 182 Å². The van der Waals surface area contributed by atoms with Crippen molar-refractivity contribution < 1.29 is 78.0 Å². The monoisotopic (exact) mass is 1600 g/mol. The Morgan fingerprint density at radius 1 is 0.504 bits per heavy atom. The summed E-state index contributed by atoms with van der Waals surface area (Å²) in [4.78, 5) is 187. The van der Waals surface area contributed by atoms with E-state index in [4.69, 9.17) is 23.7 Å². The quantitative estimate of drug-likeness (QED) is 0.0161. The van der Waals surface area contributed by atoms with E-state index in [0.29, 0.717) is 79.4 Å². The number of primary amides is 2. The lowest BCUT2D eigenvalue weighted by atomic mass is 9.88. The van der Waals surface area contributed by atoms with Gasteiger partial charge in [-0.25, -0.2) is 0 Å². The van der Waals surface area contributed by atoms with Crippen LogP contribution in [0.1, 0.15) is 202 Å². The van der Waals surface area contributed by atoms with Crippen LogP contribution < -0.4 is 49.1 Å². The number of likely N-dealkylation sites (tertiary alicyclic amines) is 2. The number of imide groups is 4. The van der Waals surface area contributed by atoms with E-state index in [-0.39, 0.29) is 83.7 Å². The number of amides is 12. The molecule has 2 unspecified atom stereocenters. The Bertz CT molecular complexity index is 5160. The molecule has 6 aliphatic rings. The predicted octanol–water partition coefficient (Wildman–Crippen LogP) is 9.68. The number of para-hydroxylation sites is 2. The van der Waals surface area contributed by atoms with Crippen LogP contribution in [0, 0.1) is 0 Å². The maximum absolute atomic E-state index is 13.3. The normalized spacial score (nSPS) is 16.8. The number of nitrogens with zero attached hydrogens (tertiary/aromatic N) is 6. The first kappa shape index (κ1) is 83.2. The zero-order valence-corrected chi connectivity index (χ0v) is 64.5. The number of Topliss-reactive ketones (excluding diaryl/α,β-unsaturated/α-hetero) is 1. The van der Waals surface area contributed by atoms with Crippen molar-refractivity contribution >= 4 is 139 Å². The number of carbonyl (C=O) groups excluding carboxylic acids is 13. The number of aliphatic carboxylic acids is 1. The predicted molar refractivity (Wildman–Crippen MR) is 435 cm³/mol. The summed E-state index contributed by atoms with van der Waals surface area (Å²) in [5.74, 6) is -6.06. The van der Waals surface area contributed by atoms with Gasteiger partial charge in [0.15, 0.2) is 5.78 Å². The molecule has 8 heterocycles. The maximum Gasteiger partial charge on any atom is 0.322 e. The molecule has 30 nitrogen and oxygen atoms in total. The number of piperidine rings is 4. The van der Waals surface area contributed by atoms with E-state index in [9.17, 15) is 71.5 Å². The summed E-state index contributed by atoms with van der Waals surface area (Å²) in [5, 5.41) is 27.1. The molecule has 0 radical (unpaired) electrons. The molecule has 6 aromatic carbocycles. The van der Waals surface area contributed by atoms with Gasteiger partial charge in [0.2, 0.25) is 35.4 Å². The standard InChI is InChI=1S/C43H45N7O7.C27H33N5O2.C15H13N3O6.CH3F/c44-40(54)32-25-46-33-16-15-27(23-31(33)39(32)47-28-9-4-3-5-10-28)26-19-21-49(22-20-26)37(53)14-7-2-1-6-11-29(51)24-45-34-13-8-12-30-38(34)43(57)50(42(30)56)35-17-18-36(52)48-41(35)55;28-14-6-2-5-9-25(33)32-15-12-19(13-16-32)20-10-11-24-22(17-20)26(23(18-30-24)27(29)34)31-21-7-3-1-4-8-21;19-10-5-4-9(13(22)17-10)18-14(23)7-2-1-3-8(12(7)15(18)24)16-6-11(20)21;1-2/h3-5,8-10,12-13,15-16,23,25-26,35,45H,1-2,6-7,11,14,17-22,24H2,(H2,44,54)(H,46,47)(H,48,52,55);1,3-4,7-8,10-11,17-19H,2,5-6,9,12-16,28H2,(H2,29,34)(H,30,31);1-3,9,16H,4-6H2,(H,20,21)(H,17,19,22);1H3/i;;;1D. The van der Waals surface area contributed by atoms with E-state index in [2.05, 4.69) is 66.1 Å². The maximum atomic E-state index is 13.3. The zero-order valence-electron chi connectivity index (χ0n) is 65.5. The Kier molecular flexibility index (Phi) is 28.3. The van der Waals surface area contributed by atoms with Crippen molar-refractivity contribution in [3.63, 3.8) is 0 Å². The van der Waals surface area contributed by atoms with Gasteiger partial charge in [0, 0.05) is 104 Å². The number of carboxylic acids is 1. The van der Waals surface area contributed by atoms with E-state index >= 15 is 0 Å². The molecule has 0 spiro atoms. The number of alkyl halides is 1. The minimum absolute atomic E-state index is 0.0268. The van der Waals surface area contributed by atoms with Gasteiger partial charge in [-0.15, -0.1) is 0 Å². The minimum atomic E-state index is -1.12. The average molecular weight is 1600 g/mol. The molecule has 8 aromatic rings. The van der Waals surface area contributed by atoms with Crippen LogP contribution in [0.15, 0.2) is 146 Å². The molecule has 31 heteroatoms. The number of hydrogen-bond acceptors (Lipinski definition) is 21. The van der Waals surface area contributed by atoms with Crippen molar-refractivity contribution in [1.82, 2.24) is 40.2 Å². The molecule has 4 fully saturated rings. The summed E-state index contributed by atoms with van der Waals surface area (Å²) in [5.41, 5.74) is 25.5. The Labute approximate surface area is 675 Å². The number of nitrogens with one attached hydrogen (secondary N) is 6. The topological polar surface area (TPSA) is 448 Å². The number of hydrogen-bond donors (Lipinski definition) is 10. The first-order chi connectivity index (χ1) is 57.0. The van der Waals surface area contributed by atoms with Crippen LogP contribution in [0.25, 0.3) is 21.8 Å². The van der Waals surface area contributed by atoms with Crippen LogP contribution in [0.5, 0.6) is 0 Å². The molecule has 14 rings (SSSR count). The lowest BCUT2D eigenvalue weighted by molar-refractivity contribution is -0.137. The van der Waals surface area contributed by atoms with E-state index in [0.717, 1.165) is 126 Å². The van der Waals surface area contributed by atoms with Gasteiger partial charge >= 0.3 is 5.97 Å². The second-order valence-corrected chi connectivity index (χ2v) is 29.2. The first-order valence-electron chi connectivity index (χ1n) is 39.8. The Balaban J connectivity index is 0.000000189. The number of ketones is 1. The Morgan fingerprint density at radius 2 is 0.906 bits per heavy atom. The molecular formula is C86H94FN15O15. The lowest BCUT2D eigenvalue weighted by Crippen LogP contribution is -2.54. The second kappa shape index (κ2) is 39.7. The highest BCUT2D eigenvalue weighted by Crippen LogP contribution is 2.39. The second-order valence-electron chi connectivity index (χ2n) is 29.2. The molecule has 610 valence electrons. The number of anilines is 6. The molecule has 13 N–H and O–H groups in total. The van der Waals surface area contributed by atoms with Crippen molar-refractivity contribution in [1.29, 1.82) is 0 Å². The van der Waals surface area contributed by atoms with Crippen molar-refractivity contribution in [3.8, 4) is 0 Å². The summed E-state index contributed by atoms with van der Waals surface area (Å²) in [6, 6.07) is 38.7. The number of carboxylic acid groups (broad SMARTS) is 1.